The Morgan fingerprint density at radius 1 is 1.08 bits per heavy atom. The lowest BCUT2D eigenvalue weighted by atomic mass is 10.0. The van der Waals surface area contributed by atoms with Crippen molar-refractivity contribution >= 4 is 17.5 Å². The molecule has 0 atom stereocenters. The van der Waals surface area contributed by atoms with Crippen molar-refractivity contribution in [3.8, 4) is 11.5 Å². The number of carbonyl (C=O) groups excluding carboxylic acids is 1. The van der Waals surface area contributed by atoms with E-state index in [1.807, 2.05) is 12.1 Å². The van der Waals surface area contributed by atoms with Gasteiger partial charge in [0.1, 0.15) is 11.5 Å². The quantitative estimate of drug-likeness (QED) is 0.472. The van der Waals surface area contributed by atoms with Crippen LogP contribution in [0.25, 0.3) is 6.08 Å². The molecule has 0 aromatic heterocycles. The zero-order valence-corrected chi connectivity index (χ0v) is 14.3. The molecule has 2 aromatic rings. The highest BCUT2D eigenvalue weighted by Gasteiger charge is 2.13. The molecule has 4 heteroatoms. The molecule has 0 saturated carbocycles. The minimum absolute atomic E-state index is 0.0972. The number of anilines is 1. The van der Waals surface area contributed by atoms with E-state index in [9.17, 15) is 4.79 Å². The summed E-state index contributed by atoms with van der Waals surface area (Å²) in [6.45, 7) is 2.11. The predicted octanol–water partition coefficient (Wildman–Crippen LogP) is 4.13. The van der Waals surface area contributed by atoms with Gasteiger partial charge in [-0.2, -0.15) is 0 Å². The average Bonchev–Trinajstić information content (AvgIpc) is 2.60. The zero-order chi connectivity index (χ0) is 17.5. The third kappa shape index (κ3) is 3.96. The van der Waals surface area contributed by atoms with Crippen LogP contribution >= 0.6 is 0 Å². The van der Waals surface area contributed by atoms with Crippen LogP contribution in [0.15, 0.2) is 42.5 Å². The number of aryl methyl sites for hydroxylation is 1. The van der Waals surface area contributed by atoms with Gasteiger partial charge in [0, 0.05) is 11.3 Å². The highest BCUT2D eigenvalue weighted by atomic mass is 16.5. The van der Waals surface area contributed by atoms with Crippen LogP contribution in [-0.2, 0) is 6.42 Å². The summed E-state index contributed by atoms with van der Waals surface area (Å²) in [5.41, 5.74) is 8.74. The molecule has 0 amide bonds. The molecule has 2 aromatic carbocycles. The predicted molar refractivity (Wildman–Crippen MR) is 97.8 cm³/mol. The van der Waals surface area contributed by atoms with Crippen molar-refractivity contribution in [1.82, 2.24) is 0 Å². The summed E-state index contributed by atoms with van der Waals surface area (Å²) in [4.78, 5) is 12.3. The summed E-state index contributed by atoms with van der Waals surface area (Å²) >= 11 is 0. The summed E-state index contributed by atoms with van der Waals surface area (Å²) in [6, 6.07) is 10.8. The van der Waals surface area contributed by atoms with Crippen LogP contribution in [0.1, 0.15) is 34.8 Å². The number of nitrogens with two attached hydrogens (primary N) is 1. The molecular formula is C20H23NO3. The second kappa shape index (κ2) is 8.20. The van der Waals surface area contributed by atoms with Gasteiger partial charge in [0.2, 0.25) is 0 Å². The van der Waals surface area contributed by atoms with Crippen LogP contribution in [0.3, 0.4) is 0 Å². The third-order valence-corrected chi connectivity index (χ3v) is 3.78. The van der Waals surface area contributed by atoms with E-state index in [1.54, 1.807) is 44.6 Å². The topological polar surface area (TPSA) is 61.5 Å². The third-order valence-electron chi connectivity index (χ3n) is 3.78. The number of hydrogen-bond acceptors (Lipinski definition) is 4. The largest absolute Gasteiger partial charge is 0.496 e. The van der Waals surface area contributed by atoms with Crippen LogP contribution in [0.4, 0.5) is 5.69 Å². The molecule has 0 aliphatic carbocycles. The fraction of sp³-hybridized carbons (Fsp3) is 0.250. The maximum absolute atomic E-state index is 12.3. The number of benzene rings is 2. The Morgan fingerprint density at radius 3 is 2.38 bits per heavy atom. The van der Waals surface area contributed by atoms with E-state index in [0.29, 0.717) is 17.0 Å². The number of rotatable bonds is 7. The number of ether oxygens (including phenoxy) is 2. The molecule has 0 aliphatic heterocycles. The van der Waals surface area contributed by atoms with E-state index < -0.39 is 0 Å². The normalized spacial score (nSPS) is 10.8. The minimum Gasteiger partial charge on any atom is -0.496 e. The Balaban J connectivity index is 2.37. The van der Waals surface area contributed by atoms with Crippen molar-refractivity contribution in [3.63, 3.8) is 0 Å². The van der Waals surface area contributed by atoms with Gasteiger partial charge >= 0.3 is 0 Å². The van der Waals surface area contributed by atoms with Crippen molar-refractivity contribution < 1.29 is 14.3 Å². The molecule has 0 bridgehead atoms. The maximum atomic E-state index is 12.3. The lowest BCUT2D eigenvalue weighted by molar-refractivity contribution is 0.104. The fourth-order valence-electron chi connectivity index (χ4n) is 2.57. The molecule has 0 aliphatic rings. The number of hydrogen-bond donors (Lipinski definition) is 1. The Kier molecular flexibility index (Phi) is 6.01. The molecule has 0 heterocycles. The average molecular weight is 325 g/mol. The van der Waals surface area contributed by atoms with Gasteiger partial charge in [-0.15, -0.1) is 0 Å². The monoisotopic (exact) mass is 325 g/mol. The van der Waals surface area contributed by atoms with Crippen molar-refractivity contribution in [2.75, 3.05) is 20.0 Å². The van der Waals surface area contributed by atoms with Crippen LogP contribution < -0.4 is 15.2 Å². The van der Waals surface area contributed by atoms with Crippen LogP contribution in [0, 0.1) is 0 Å². The Hall–Kier alpha value is -2.75. The second-order valence-corrected chi connectivity index (χ2v) is 5.44. The number of carbonyl (C=O) groups is 1. The van der Waals surface area contributed by atoms with Crippen LogP contribution in [0.2, 0.25) is 0 Å². The van der Waals surface area contributed by atoms with Gasteiger partial charge in [-0.25, -0.2) is 0 Å². The smallest absolute Gasteiger partial charge is 0.185 e. The highest BCUT2D eigenvalue weighted by molar-refractivity contribution is 6.07. The van der Waals surface area contributed by atoms with Crippen molar-refractivity contribution in [1.29, 1.82) is 0 Å². The van der Waals surface area contributed by atoms with E-state index in [1.165, 1.54) is 6.08 Å². The SMILES string of the molecule is CCCc1ccc(OC)c(C=CC(=O)c2ccc(N)cc2)c1OC. The highest BCUT2D eigenvalue weighted by Crippen LogP contribution is 2.34. The lowest BCUT2D eigenvalue weighted by Gasteiger charge is -2.14. The summed E-state index contributed by atoms with van der Waals surface area (Å²) in [5, 5.41) is 0. The Labute approximate surface area is 142 Å². The first-order chi connectivity index (χ1) is 11.6. The molecule has 126 valence electrons. The van der Waals surface area contributed by atoms with Gasteiger partial charge in [0.15, 0.2) is 5.78 Å². The summed E-state index contributed by atoms with van der Waals surface area (Å²) in [5.74, 6) is 1.32. The minimum atomic E-state index is -0.0972. The van der Waals surface area contributed by atoms with Gasteiger partial charge in [0.25, 0.3) is 0 Å². The van der Waals surface area contributed by atoms with E-state index in [2.05, 4.69) is 6.92 Å². The molecular weight excluding hydrogens is 302 g/mol. The summed E-state index contributed by atoms with van der Waals surface area (Å²) in [7, 11) is 3.24. The van der Waals surface area contributed by atoms with Gasteiger partial charge < -0.3 is 15.2 Å². The maximum Gasteiger partial charge on any atom is 0.185 e. The molecule has 24 heavy (non-hydrogen) atoms. The number of methoxy groups -OCH3 is 2. The summed E-state index contributed by atoms with van der Waals surface area (Å²) in [6.07, 6.45) is 5.19. The van der Waals surface area contributed by atoms with E-state index in [4.69, 9.17) is 15.2 Å². The van der Waals surface area contributed by atoms with E-state index in [-0.39, 0.29) is 5.78 Å². The molecule has 0 saturated heterocycles. The Bertz CT molecular complexity index is 733. The molecule has 0 fully saturated rings. The fourth-order valence-corrected chi connectivity index (χ4v) is 2.57. The van der Waals surface area contributed by atoms with Gasteiger partial charge in [0.05, 0.1) is 19.8 Å². The zero-order valence-electron chi connectivity index (χ0n) is 14.3. The van der Waals surface area contributed by atoms with Crippen molar-refractivity contribution in [2.45, 2.75) is 19.8 Å². The number of ketones is 1. The second-order valence-electron chi connectivity index (χ2n) is 5.44. The number of allylic oxidation sites excluding steroid dienone is 1. The molecule has 0 unspecified atom stereocenters. The van der Waals surface area contributed by atoms with Crippen molar-refractivity contribution in [2.24, 2.45) is 0 Å². The number of nitrogen functional groups attached to an aromatic ring is 1. The van der Waals surface area contributed by atoms with Gasteiger partial charge in [-0.3, -0.25) is 4.79 Å². The molecule has 0 radical (unpaired) electrons. The van der Waals surface area contributed by atoms with Gasteiger partial charge in [-0.1, -0.05) is 19.4 Å². The van der Waals surface area contributed by atoms with Crippen molar-refractivity contribution in [3.05, 3.63) is 59.2 Å². The standard InChI is InChI=1S/C20H23NO3/c1-4-5-15-8-13-19(23-2)17(20(15)24-3)11-12-18(22)14-6-9-16(21)10-7-14/h6-13H,4-5,21H2,1-3H3. The first kappa shape index (κ1) is 17.6. The first-order valence-corrected chi connectivity index (χ1v) is 7.92. The summed E-state index contributed by atoms with van der Waals surface area (Å²) < 4.78 is 11.0. The lowest BCUT2D eigenvalue weighted by Crippen LogP contribution is -1.99. The van der Waals surface area contributed by atoms with E-state index >= 15 is 0 Å². The molecule has 4 nitrogen and oxygen atoms in total. The molecule has 2 rings (SSSR count). The Morgan fingerprint density at radius 2 is 1.79 bits per heavy atom. The first-order valence-electron chi connectivity index (χ1n) is 7.92. The van der Waals surface area contributed by atoms with Crippen LogP contribution in [-0.4, -0.2) is 20.0 Å². The van der Waals surface area contributed by atoms with Crippen LogP contribution in [0.5, 0.6) is 11.5 Å². The molecule has 2 N–H and O–H groups in total. The molecule has 0 spiro atoms. The van der Waals surface area contributed by atoms with E-state index in [0.717, 1.165) is 29.7 Å². The van der Waals surface area contributed by atoms with Gasteiger partial charge in [-0.05, 0) is 54.5 Å².